The van der Waals surface area contributed by atoms with Gasteiger partial charge in [0.2, 0.25) is 0 Å². The van der Waals surface area contributed by atoms with E-state index < -0.39 is 11.5 Å². The van der Waals surface area contributed by atoms with Crippen molar-refractivity contribution in [2.45, 2.75) is 12.5 Å². The van der Waals surface area contributed by atoms with Gasteiger partial charge >= 0.3 is 0 Å². The van der Waals surface area contributed by atoms with E-state index in [1.54, 1.807) is 25.1 Å². The lowest BCUT2D eigenvalue weighted by Crippen LogP contribution is -2.40. The number of primary amides is 1. The molecule has 2 rings (SSSR count). The van der Waals surface area contributed by atoms with Crippen LogP contribution in [0.3, 0.4) is 0 Å². The molecule has 0 heterocycles. The third kappa shape index (κ3) is 2.56. The fourth-order valence-corrected chi connectivity index (χ4v) is 2.00. The van der Waals surface area contributed by atoms with Gasteiger partial charge in [-0.2, -0.15) is 0 Å². The Balaban J connectivity index is 2.47. The van der Waals surface area contributed by atoms with Gasteiger partial charge in [-0.05, 0) is 41.8 Å². The van der Waals surface area contributed by atoms with E-state index in [1.807, 2.05) is 18.2 Å². The van der Waals surface area contributed by atoms with Gasteiger partial charge in [-0.3, -0.25) is 4.79 Å². The first kappa shape index (κ1) is 14.2. The first-order valence-electron chi connectivity index (χ1n) is 6.19. The molecule has 0 spiro atoms. The Labute approximate surface area is 117 Å². The largest absolute Gasteiger partial charge is 0.367 e. The Hall–Kier alpha value is -2.20. The highest BCUT2D eigenvalue weighted by Gasteiger charge is 2.33. The number of hydrogen-bond acceptors (Lipinski definition) is 2. The molecule has 1 unspecified atom stereocenters. The standard InChI is InChI=1S/C16H16FNO2/c1-16(20-2,15(18)19)13-5-3-4-12(10-13)11-6-8-14(17)9-7-11/h3-10H,1-2H3,(H2,18,19). The van der Waals surface area contributed by atoms with Crippen LogP contribution in [0, 0.1) is 5.82 Å². The molecule has 20 heavy (non-hydrogen) atoms. The Kier molecular flexibility index (Phi) is 3.86. The molecule has 0 aliphatic heterocycles. The van der Waals surface area contributed by atoms with E-state index in [2.05, 4.69) is 0 Å². The Morgan fingerprint density at radius 3 is 2.35 bits per heavy atom. The molecule has 0 aromatic heterocycles. The lowest BCUT2D eigenvalue weighted by Gasteiger charge is -2.25. The minimum atomic E-state index is -1.18. The highest BCUT2D eigenvalue weighted by atomic mass is 19.1. The summed E-state index contributed by atoms with van der Waals surface area (Å²) in [5.41, 5.74) is 6.61. The SMILES string of the molecule is COC(C)(C(N)=O)c1cccc(-c2ccc(F)cc2)c1. The van der Waals surface area contributed by atoms with Crippen LogP contribution < -0.4 is 5.73 Å². The van der Waals surface area contributed by atoms with Gasteiger partial charge in [0.25, 0.3) is 5.91 Å². The van der Waals surface area contributed by atoms with Crippen LogP contribution in [-0.2, 0) is 15.1 Å². The van der Waals surface area contributed by atoms with Crippen LogP contribution in [-0.4, -0.2) is 13.0 Å². The molecule has 0 aliphatic carbocycles. The van der Waals surface area contributed by atoms with E-state index in [0.29, 0.717) is 5.56 Å². The van der Waals surface area contributed by atoms with Crippen molar-refractivity contribution >= 4 is 5.91 Å². The second-order valence-electron chi connectivity index (χ2n) is 4.69. The Morgan fingerprint density at radius 2 is 1.80 bits per heavy atom. The Bertz CT molecular complexity index is 625. The molecule has 3 nitrogen and oxygen atoms in total. The fourth-order valence-electron chi connectivity index (χ4n) is 2.00. The van der Waals surface area contributed by atoms with Gasteiger partial charge in [-0.1, -0.05) is 30.3 Å². The normalized spacial score (nSPS) is 13.8. The molecule has 0 aliphatic rings. The van der Waals surface area contributed by atoms with Crippen molar-refractivity contribution in [3.05, 3.63) is 59.9 Å². The molecule has 0 saturated carbocycles. The predicted molar refractivity (Wildman–Crippen MR) is 75.4 cm³/mol. The number of methoxy groups -OCH3 is 1. The smallest absolute Gasteiger partial charge is 0.254 e. The Morgan fingerprint density at radius 1 is 1.15 bits per heavy atom. The van der Waals surface area contributed by atoms with E-state index in [4.69, 9.17) is 10.5 Å². The summed E-state index contributed by atoms with van der Waals surface area (Å²) in [6.45, 7) is 1.62. The van der Waals surface area contributed by atoms with Crippen LogP contribution in [0.15, 0.2) is 48.5 Å². The van der Waals surface area contributed by atoms with Gasteiger partial charge in [-0.15, -0.1) is 0 Å². The molecular weight excluding hydrogens is 257 g/mol. The highest BCUT2D eigenvalue weighted by Crippen LogP contribution is 2.28. The molecular formula is C16H16FNO2. The monoisotopic (exact) mass is 273 g/mol. The third-order valence-corrected chi connectivity index (χ3v) is 3.47. The lowest BCUT2D eigenvalue weighted by atomic mass is 9.92. The minimum absolute atomic E-state index is 0.288. The van der Waals surface area contributed by atoms with Crippen LogP contribution >= 0.6 is 0 Å². The van der Waals surface area contributed by atoms with Crippen molar-refractivity contribution in [1.82, 2.24) is 0 Å². The zero-order chi connectivity index (χ0) is 14.8. The molecule has 2 aromatic rings. The first-order chi connectivity index (χ1) is 9.47. The molecule has 0 radical (unpaired) electrons. The number of amides is 1. The molecule has 2 aromatic carbocycles. The van der Waals surface area contributed by atoms with E-state index >= 15 is 0 Å². The van der Waals surface area contributed by atoms with Crippen LogP contribution in [0.1, 0.15) is 12.5 Å². The molecule has 4 heteroatoms. The maximum Gasteiger partial charge on any atom is 0.254 e. The number of carbonyl (C=O) groups is 1. The number of nitrogens with two attached hydrogens (primary N) is 1. The molecule has 0 fully saturated rings. The highest BCUT2D eigenvalue weighted by molar-refractivity contribution is 5.85. The van der Waals surface area contributed by atoms with Crippen molar-refractivity contribution in [1.29, 1.82) is 0 Å². The molecule has 1 amide bonds. The van der Waals surface area contributed by atoms with Gasteiger partial charge in [0.05, 0.1) is 0 Å². The summed E-state index contributed by atoms with van der Waals surface area (Å²) >= 11 is 0. The maximum atomic E-state index is 13.0. The van der Waals surface area contributed by atoms with Crippen LogP contribution in [0.25, 0.3) is 11.1 Å². The minimum Gasteiger partial charge on any atom is -0.367 e. The summed E-state index contributed by atoms with van der Waals surface area (Å²) < 4.78 is 18.2. The number of hydrogen-bond donors (Lipinski definition) is 1. The molecule has 0 saturated heterocycles. The van der Waals surface area contributed by atoms with Gasteiger partial charge in [0, 0.05) is 7.11 Å². The summed E-state index contributed by atoms with van der Waals surface area (Å²) in [5, 5.41) is 0. The number of ether oxygens (including phenoxy) is 1. The average Bonchev–Trinajstić information content (AvgIpc) is 2.47. The maximum absolute atomic E-state index is 13.0. The fraction of sp³-hybridized carbons (Fsp3) is 0.188. The molecule has 104 valence electrons. The zero-order valence-corrected chi connectivity index (χ0v) is 11.4. The van der Waals surface area contributed by atoms with Gasteiger partial charge < -0.3 is 10.5 Å². The van der Waals surface area contributed by atoms with Crippen LogP contribution in [0.5, 0.6) is 0 Å². The zero-order valence-electron chi connectivity index (χ0n) is 11.4. The molecule has 0 bridgehead atoms. The lowest BCUT2D eigenvalue weighted by molar-refractivity contribution is -0.139. The molecule has 2 N–H and O–H groups in total. The summed E-state index contributed by atoms with van der Waals surface area (Å²) in [4.78, 5) is 11.6. The number of benzene rings is 2. The number of rotatable bonds is 4. The van der Waals surface area contributed by atoms with Crippen molar-refractivity contribution in [3.63, 3.8) is 0 Å². The quantitative estimate of drug-likeness (QED) is 0.931. The summed E-state index contributed by atoms with van der Waals surface area (Å²) in [6, 6.07) is 13.5. The van der Waals surface area contributed by atoms with E-state index in [-0.39, 0.29) is 5.82 Å². The predicted octanol–water partition coefficient (Wildman–Crippen LogP) is 2.84. The second kappa shape index (κ2) is 5.43. The van der Waals surface area contributed by atoms with Crippen molar-refractivity contribution in [2.75, 3.05) is 7.11 Å². The molecule has 1 atom stereocenters. The second-order valence-corrected chi connectivity index (χ2v) is 4.69. The van der Waals surface area contributed by atoms with Crippen LogP contribution in [0.4, 0.5) is 4.39 Å². The van der Waals surface area contributed by atoms with E-state index in [0.717, 1.165) is 11.1 Å². The van der Waals surface area contributed by atoms with E-state index in [9.17, 15) is 9.18 Å². The summed E-state index contributed by atoms with van der Waals surface area (Å²) in [6.07, 6.45) is 0. The average molecular weight is 273 g/mol. The third-order valence-electron chi connectivity index (χ3n) is 3.47. The van der Waals surface area contributed by atoms with Gasteiger partial charge in [0.15, 0.2) is 5.60 Å². The van der Waals surface area contributed by atoms with Crippen molar-refractivity contribution < 1.29 is 13.9 Å². The van der Waals surface area contributed by atoms with Crippen LogP contribution in [0.2, 0.25) is 0 Å². The van der Waals surface area contributed by atoms with Crippen molar-refractivity contribution in [2.24, 2.45) is 5.73 Å². The number of carbonyl (C=O) groups excluding carboxylic acids is 1. The van der Waals surface area contributed by atoms with E-state index in [1.165, 1.54) is 19.2 Å². The summed E-state index contributed by atoms with van der Waals surface area (Å²) in [7, 11) is 1.44. The first-order valence-corrected chi connectivity index (χ1v) is 6.19. The van der Waals surface area contributed by atoms with Gasteiger partial charge in [-0.25, -0.2) is 4.39 Å². The van der Waals surface area contributed by atoms with Crippen molar-refractivity contribution in [3.8, 4) is 11.1 Å². The summed E-state index contributed by atoms with van der Waals surface area (Å²) in [5.74, 6) is -0.847. The van der Waals surface area contributed by atoms with Gasteiger partial charge in [0.1, 0.15) is 5.82 Å². The number of halogens is 1. The topological polar surface area (TPSA) is 52.3 Å².